The van der Waals surface area contributed by atoms with Crippen LogP contribution in [0.3, 0.4) is 0 Å². The van der Waals surface area contributed by atoms with Crippen LogP contribution in [0.15, 0.2) is 116 Å². The largest absolute Gasteiger partial charge is 0.378 e. The Morgan fingerprint density at radius 3 is 2.40 bits per heavy atom. The first kappa shape index (κ1) is 26.5. The number of anilines is 2. The molecule has 4 aromatic heterocycles. The molecule has 0 radical (unpaired) electrons. The summed E-state index contributed by atoms with van der Waals surface area (Å²) in [4.78, 5) is 43.5. The molecule has 0 aliphatic rings. The molecule has 0 aliphatic carbocycles. The zero-order chi connectivity index (χ0) is 28.7. The zero-order valence-electron chi connectivity index (χ0n) is 22.6. The van der Waals surface area contributed by atoms with Gasteiger partial charge < -0.3 is 9.88 Å². The Kier molecular flexibility index (Phi) is 7.71. The SMILES string of the molecule is O=C(CNc1ccc2c(c1)nc(NC(=O)c1ccnc(-c3cccnc3)c1)n2CCc1cccnc1)c1ccccc1. The van der Waals surface area contributed by atoms with E-state index in [0.29, 0.717) is 41.3 Å². The maximum absolute atomic E-state index is 13.4. The van der Waals surface area contributed by atoms with Crippen LogP contribution in [0, 0.1) is 0 Å². The molecule has 2 N–H and O–H groups in total. The topological polar surface area (TPSA) is 115 Å². The van der Waals surface area contributed by atoms with Crippen LogP contribution in [0.25, 0.3) is 22.3 Å². The number of carbonyl (C=O) groups excluding carboxylic acids is 2. The van der Waals surface area contributed by atoms with E-state index in [1.54, 1.807) is 49.1 Å². The highest BCUT2D eigenvalue weighted by atomic mass is 16.2. The summed E-state index contributed by atoms with van der Waals surface area (Å²) < 4.78 is 1.99. The van der Waals surface area contributed by atoms with E-state index >= 15 is 0 Å². The molecule has 4 heterocycles. The van der Waals surface area contributed by atoms with Crippen molar-refractivity contribution in [1.29, 1.82) is 0 Å². The standard InChI is InChI=1S/C33H27N7O2/c41-31(24-7-2-1-3-8-24)22-37-27-10-11-30-29(19-27)38-33(40(30)17-13-23-6-4-14-34-20-23)39-32(42)25-12-16-36-28(18-25)26-9-5-15-35-21-26/h1-12,14-16,18-21,37H,13,17,22H2,(H,38,39,42). The van der Waals surface area contributed by atoms with Crippen LogP contribution in [0.2, 0.25) is 0 Å². The van der Waals surface area contributed by atoms with Gasteiger partial charge in [-0.15, -0.1) is 0 Å². The summed E-state index contributed by atoms with van der Waals surface area (Å²) in [5, 5.41) is 6.21. The normalized spacial score (nSPS) is 10.9. The summed E-state index contributed by atoms with van der Waals surface area (Å²) in [5.41, 5.74) is 5.97. The average molecular weight is 554 g/mol. The van der Waals surface area contributed by atoms with Crippen LogP contribution in [0.4, 0.5) is 11.6 Å². The third-order valence-corrected chi connectivity index (χ3v) is 6.85. The van der Waals surface area contributed by atoms with Crippen molar-refractivity contribution in [3.8, 4) is 11.3 Å². The van der Waals surface area contributed by atoms with E-state index in [1.807, 2.05) is 71.4 Å². The quantitative estimate of drug-likeness (QED) is 0.210. The molecule has 206 valence electrons. The lowest BCUT2D eigenvalue weighted by Gasteiger charge is -2.11. The van der Waals surface area contributed by atoms with Gasteiger partial charge in [0.25, 0.3) is 5.91 Å². The maximum atomic E-state index is 13.4. The fourth-order valence-electron chi connectivity index (χ4n) is 4.67. The first-order valence-corrected chi connectivity index (χ1v) is 13.5. The number of nitrogens with one attached hydrogen (secondary N) is 2. The molecule has 2 aromatic carbocycles. The molecule has 1 amide bonds. The molecule has 0 bridgehead atoms. The van der Waals surface area contributed by atoms with Gasteiger partial charge in [0.2, 0.25) is 5.95 Å². The molecule has 0 spiro atoms. The minimum absolute atomic E-state index is 0.00588. The highest BCUT2D eigenvalue weighted by Crippen LogP contribution is 2.25. The molecule has 9 nitrogen and oxygen atoms in total. The van der Waals surface area contributed by atoms with Crippen LogP contribution >= 0.6 is 0 Å². The Bertz CT molecular complexity index is 1840. The van der Waals surface area contributed by atoms with Gasteiger partial charge in [0.05, 0.1) is 23.3 Å². The van der Waals surface area contributed by atoms with Gasteiger partial charge in [0.15, 0.2) is 5.78 Å². The lowest BCUT2D eigenvalue weighted by molar-refractivity contribution is 0.100. The third kappa shape index (κ3) is 6.05. The van der Waals surface area contributed by atoms with Crippen LogP contribution < -0.4 is 10.6 Å². The molecule has 6 rings (SSSR count). The number of nitrogens with zero attached hydrogens (tertiary/aromatic N) is 5. The molecule has 0 saturated carbocycles. The van der Waals surface area contributed by atoms with E-state index in [2.05, 4.69) is 25.6 Å². The highest BCUT2D eigenvalue weighted by molar-refractivity contribution is 6.04. The molecular formula is C33H27N7O2. The Balaban J connectivity index is 1.26. The van der Waals surface area contributed by atoms with E-state index < -0.39 is 0 Å². The molecule has 0 fully saturated rings. The zero-order valence-corrected chi connectivity index (χ0v) is 22.6. The van der Waals surface area contributed by atoms with Gasteiger partial charge in [-0.2, -0.15) is 0 Å². The summed E-state index contributed by atoms with van der Waals surface area (Å²) in [6.07, 6.45) is 9.29. The molecule has 0 saturated heterocycles. The fraction of sp³-hybridized carbons (Fsp3) is 0.0909. The first-order chi connectivity index (χ1) is 20.6. The predicted octanol–water partition coefficient (Wildman–Crippen LogP) is 5.68. The van der Waals surface area contributed by atoms with E-state index in [-0.39, 0.29) is 18.2 Å². The Hall–Kier alpha value is -5.70. The van der Waals surface area contributed by atoms with Crippen LogP contribution in [-0.4, -0.2) is 42.7 Å². The fourth-order valence-corrected chi connectivity index (χ4v) is 4.67. The van der Waals surface area contributed by atoms with Crippen molar-refractivity contribution in [2.45, 2.75) is 13.0 Å². The monoisotopic (exact) mass is 553 g/mol. The van der Waals surface area contributed by atoms with Crippen molar-refractivity contribution in [1.82, 2.24) is 24.5 Å². The number of rotatable bonds is 10. The van der Waals surface area contributed by atoms with E-state index in [0.717, 1.165) is 22.3 Å². The van der Waals surface area contributed by atoms with Crippen molar-refractivity contribution in [2.24, 2.45) is 0 Å². The van der Waals surface area contributed by atoms with Gasteiger partial charge in [0, 0.05) is 59.9 Å². The van der Waals surface area contributed by atoms with Gasteiger partial charge in [-0.05, 0) is 60.5 Å². The van der Waals surface area contributed by atoms with Crippen molar-refractivity contribution in [2.75, 3.05) is 17.2 Å². The van der Waals surface area contributed by atoms with Crippen LogP contribution in [-0.2, 0) is 13.0 Å². The van der Waals surface area contributed by atoms with Gasteiger partial charge in [0.1, 0.15) is 0 Å². The minimum atomic E-state index is -0.299. The van der Waals surface area contributed by atoms with Crippen LogP contribution in [0.1, 0.15) is 26.3 Å². The van der Waals surface area contributed by atoms with Gasteiger partial charge >= 0.3 is 0 Å². The van der Waals surface area contributed by atoms with Gasteiger partial charge in [-0.1, -0.05) is 36.4 Å². The maximum Gasteiger partial charge on any atom is 0.258 e. The van der Waals surface area contributed by atoms with E-state index in [1.165, 1.54) is 0 Å². The van der Waals surface area contributed by atoms with Crippen molar-refractivity contribution in [3.05, 3.63) is 133 Å². The molecule has 0 atom stereocenters. The number of pyridine rings is 3. The molecular weight excluding hydrogens is 526 g/mol. The van der Waals surface area contributed by atoms with E-state index in [4.69, 9.17) is 4.98 Å². The summed E-state index contributed by atoms with van der Waals surface area (Å²) in [5.74, 6) is 0.122. The number of aromatic nitrogens is 5. The lowest BCUT2D eigenvalue weighted by atomic mass is 10.1. The first-order valence-electron chi connectivity index (χ1n) is 13.5. The number of hydrogen-bond acceptors (Lipinski definition) is 7. The number of hydrogen-bond donors (Lipinski definition) is 2. The van der Waals surface area contributed by atoms with Crippen molar-refractivity contribution >= 4 is 34.4 Å². The molecule has 6 aromatic rings. The van der Waals surface area contributed by atoms with Gasteiger partial charge in [-0.25, -0.2) is 4.98 Å². The summed E-state index contributed by atoms with van der Waals surface area (Å²) in [6.45, 7) is 0.733. The second-order valence-corrected chi connectivity index (χ2v) is 9.67. The Morgan fingerprint density at radius 1 is 0.786 bits per heavy atom. The molecule has 0 unspecified atom stereocenters. The third-order valence-electron chi connectivity index (χ3n) is 6.85. The van der Waals surface area contributed by atoms with Crippen LogP contribution in [0.5, 0.6) is 0 Å². The summed E-state index contributed by atoms with van der Waals surface area (Å²) >= 11 is 0. The van der Waals surface area contributed by atoms with E-state index in [9.17, 15) is 9.59 Å². The molecule has 42 heavy (non-hydrogen) atoms. The molecule has 9 heteroatoms. The summed E-state index contributed by atoms with van der Waals surface area (Å²) in [6, 6.07) is 26.0. The number of benzene rings is 2. The summed E-state index contributed by atoms with van der Waals surface area (Å²) in [7, 11) is 0. The Labute approximate surface area is 242 Å². The Morgan fingerprint density at radius 2 is 1.62 bits per heavy atom. The van der Waals surface area contributed by atoms with Gasteiger partial charge in [-0.3, -0.25) is 29.9 Å². The number of amides is 1. The average Bonchev–Trinajstić information content (AvgIpc) is 3.39. The second-order valence-electron chi connectivity index (χ2n) is 9.67. The molecule has 0 aliphatic heterocycles. The number of ketones is 1. The smallest absolute Gasteiger partial charge is 0.258 e. The number of fused-ring (bicyclic) bond motifs is 1. The number of imidazole rings is 1. The highest BCUT2D eigenvalue weighted by Gasteiger charge is 2.16. The second kappa shape index (κ2) is 12.2. The van der Waals surface area contributed by atoms with Crippen molar-refractivity contribution < 1.29 is 9.59 Å². The predicted molar refractivity (Wildman–Crippen MR) is 162 cm³/mol. The minimum Gasteiger partial charge on any atom is -0.378 e. The number of carbonyl (C=O) groups is 2. The number of Topliss-reactive ketones (excluding diaryl/α,β-unsaturated/α-hetero) is 1. The van der Waals surface area contributed by atoms with Crippen molar-refractivity contribution in [3.63, 3.8) is 0 Å². The lowest BCUT2D eigenvalue weighted by Crippen LogP contribution is -2.17. The number of aryl methyl sites for hydroxylation is 2.